The van der Waals surface area contributed by atoms with Crippen molar-refractivity contribution in [2.75, 3.05) is 23.8 Å². The number of rotatable bonds is 9. The largest absolute Gasteiger partial charge is 0.492 e. The molecule has 0 saturated heterocycles. The van der Waals surface area contributed by atoms with Crippen LogP contribution in [0.5, 0.6) is 11.5 Å². The molecule has 6 nitrogen and oxygen atoms in total. The van der Waals surface area contributed by atoms with Crippen LogP contribution in [0.3, 0.4) is 0 Å². The Hall–Kier alpha value is -4.58. The van der Waals surface area contributed by atoms with Gasteiger partial charge in [0.2, 0.25) is 0 Å². The molecule has 6 heteroatoms. The molecule has 0 bridgehead atoms. The van der Waals surface area contributed by atoms with Crippen molar-refractivity contribution < 1.29 is 19.1 Å². The van der Waals surface area contributed by atoms with E-state index in [0.29, 0.717) is 58.3 Å². The predicted octanol–water partition coefficient (Wildman–Crippen LogP) is 6.66. The first-order valence-corrected chi connectivity index (χ1v) is 11.9. The minimum absolute atomic E-state index is 0.297. The molecule has 0 radical (unpaired) electrons. The van der Waals surface area contributed by atoms with Gasteiger partial charge in [0.25, 0.3) is 11.8 Å². The molecule has 0 saturated carbocycles. The van der Waals surface area contributed by atoms with Crippen LogP contribution in [0.25, 0.3) is 11.1 Å². The number of anilines is 2. The highest BCUT2D eigenvalue weighted by molar-refractivity contribution is 6.13. The Kier molecular flexibility index (Phi) is 7.98. The molecule has 4 aromatic rings. The fourth-order valence-electron chi connectivity index (χ4n) is 3.91. The summed E-state index contributed by atoms with van der Waals surface area (Å²) in [4.78, 5) is 26.7. The highest BCUT2D eigenvalue weighted by Gasteiger charge is 2.19. The van der Waals surface area contributed by atoms with Crippen LogP contribution >= 0.6 is 0 Å². The molecule has 0 atom stereocenters. The first-order chi connectivity index (χ1) is 17.6. The van der Waals surface area contributed by atoms with Crippen molar-refractivity contribution in [3.63, 3.8) is 0 Å². The molecule has 0 aliphatic rings. The maximum absolute atomic E-state index is 13.4. The number of carbonyl (C=O) groups excluding carboxylic acids is 2. The SMILES string of the molecule is CCOc1ccccc1NC(=O)c1ccccc1-c1ccccc1C(=O)Nc1ccccc1OCC. The van der Waals surface area contributed by atoms with E-state index in [4.69, 9.17) is 9.47 Å². The van der Waals surface area contributed by atoms with Crippen molar-refractivity contribution in [3.8, 4) is 22.6 Å². The lowest BCUT2D eigenvalue weighted by Gasteiger charge is -2.16. The van der Waals surface area contributed by atoms with E-state index in [0.717, 1.165) is 0 Å². The van der Waals surface area contributed by atoms with E-state index in [1.165, 1.54) is 0 Å². The lowest BCUT2D eigenvalue weighted by atomic mass is 9.94. The third kappa shape index (κ3) is 5.55. The normalized spacial score (nSPS) is 10.4. The predicted molar refractivity (Wildman–Crippen MR) is 143 cm³/mol. The van der Waals surface area contributed by atoms with Crippen LogP contribution in [0.15, 0.2) is 97.1 Å². The van der Waals surface area contributed by atoms with Crippen LogP contribution < -0.4 is 20.1 Å². The van der Waals surface area contributed by atoms with Crippen molar-refractivity contribution in [3.05, 3.63) is 108 Å². The monoisotopic (exact) mass is 480 g/mol. The topological polar surface area (TPSA) is 76.7 Å². The quantitative estimate of drug-likeness (QED) is 0.281. The molecular formula is C30H28N2O4. The molecule has 182 valence electrons. The van der Waals surface area contributed by atoms with Crippen LogP contribution in [-0.2, 0) is 0 Å². The van der Waals surface area contributed by atoms with Crippen molar-refractivity contribution >= 4 is 23.2 Å². The van der Waals surface area contributed by atoms with E-state index in [1.54, 1.807) is 36.4 Å². The fraction of sp³-hybridized carbons (Fsp3) is 0.133. The molecule has 0 spiro atoms. The second-order valence-electron chi connectivity index (χ2n) is 7.86. The van der Waals surface area contributed by atoms with Gasteiger partial charge in [0.15, 0.2) is 0 Å². The van der Waals surface area contributed by atoms with Crippen LogP contribution in [0.1, 0.15) is 34.6 Å². The first kappa shape index (κ1) is 24.5. The molecular weight excluding hydrogens is 452 g/mol. The van der Waals surface area contributed by atoms with Gasteiger partial charge in [-0.1, -0.05) is 60.7 Å². The molecule has 0 aliphatic heterocycles. The highest BCUT2D eigenvalue weighted by atomic mass is 16.5. The molecule has 4 aromatic carbocycles. The number of amides is 2. The van der Waals surface area contributed by atoms with Gasteiger partial charge in [-0.25, -0.2) is 0 Å². The Balaban J connectivity index is 1.67. The van der Waals surface area contributed by atoms with Crippen LogP contribution in [0.2, 0.25) is 0 Å². The number of nitrogens with one attached hydrogen (secondary N) is 2. The average Bonchev–Trinajstić information content (AvgIpc) is 2.91. The minimum Gasteiger partial charge on any atom is -0.492 e. The lowest BCUT2D eigenvalue weighted by Crippen LogP contribution is -2.16. The number of hydrogen-bond donors (Lipinski definition) is 2. The van der Waals surface area contributed by atoms with Crippen LogP contribution in [-0.4, -0.2) is 25.0 Å². The fourth-order valence-corrected chi connectivity index (χ4v) is 3.91. The van der Waals surface area contributed by atoms with E-state index in [-0.39, 0.29) is 11.8 Å². The summed E-state index contributed by atoms with van der Waals surface area (Å²) in [5.41, 5.74) is 3.34. The van der Waals surface area contributed by atoms with Gasteiger partial charge in [0.1, 0.15) is 11.5 Å². The van der Waals surface area contributed by atoms with E-state index in [9.17, 15) is 9.59 Å². The van der Waals surface area contributed by atoms with Gasteiger partial charge in [-0.05, 0) is 61.4 Å². The Bertz CT molecular complexity index is 1260. The number of hydrogen-bond acceptors (Lipinski definition) is 4. The standard InChI is InChI=1S/C30H28N2O4/c1-3-35-27-19-11-9-17-25(27)31-29(33)23-15-7-5-13-21(23)22-14-6-8-16-24(22)30(34)32-26-18-10-12-20-28(26)36-4-2/h5-20H,3-4H2,1-2H3,(H,31,33)(H,32,34). The molecule has 2 amide bonds. The smallest absolute Gasteiger partial charge is 0.256 e. The van der Waals surface area contributed by atoms with Gasteiger partial charge in [-0.3, -0.25) is 9.59 Å². The first-order valence-electron chi connectivity index (χ1n) is 11.9. The van der Waals surface area contributed by atoms with Crippen molar-refractivity contribution in [1.82, 2.24) is 0 Å². The third-order valence-corrected chi connectivity index (χ3v) is 5.50. The van der Waals surface area contributed by atoms with Crippen molar-refractivity contribution in [1.29, 1.82) is 0 Å². The summed E-state index contributed by atoms with van der Waals surface area (Å²) in [7, 11) is 0. The van der Waals surface area contributed by atoms with E-state index >= 15 is 0 Å². The van der Waals surface area contributed by atoms with Gasteiger partial charge in [0, 0.05) is 11.1 Å². The zero-order valence-corrected chi connectivity index (χ0v) is 20.3. The molecule has 0 aromatic heterocycles. The molecule has 0 fully saturated rings. The molecule has 36 heavy (non-hydrogen) atoms. The van der Waals surface area contributed by atoms with Gasteiger partial charge < -0.3 is 20.1 Å². The summed E-state index contributed by atoms with van der Waals surface area (Å²) in [6.07, 6.45) is 0. The molecule has 2 N–H and O–H groups in total. The molecule has 0 heterocycles. The zero-order valence-electron chi connectivity index (χ0n) is 20.3. The summed E-state index contributed by atoms with van der Waals surface area (Å²) < 4.78 is 11.3. The summed E-state index contributed by atoms with van der Waals surface area (Å²) in [5, 5.41) is 5.90. The van der Waals surface area contributed by atoms with Crippen LogP contribution in [0.4, 0.5) is 11.4 Å². The van der Waals surface area contributed by atoms with Crippen molar-refractivity contribution in [2.45, 2.75) is 13.8 Å². The summed E-state index contributed by atoms with van der Waals surface area (Å²) in [5.74, 6) is 0.599. The zero-order chi connectivity index (χ0) is 25.3. The maximum Gasteiger partial charge on any atom is 0.256 e. The number of ether oxygens (including phenoxy) is 2. The van der Waals surface area contributed by atoms with Gasteiger partial charge in [-0.15, -0.1) is 0 Å². The highest BCUT2D eigenvalue weighted by Crippen LogP contribution is 2.31. The Labute approximate surface area is 210 Å². The molecule has 0 unspecified atom stereocenters. The molecule has 4 rings (SSSR count). The molecule has 0 aliphatic carbocycles. The number of para-hydroxylation sites is 4. The van der Waals surface area contributed by atoms with E-state index in [2.05, 4.69) is 10.6 Å². The Morgan fingerprint density at radius 1 is 0.556 bits per heavy atom. The maximum atomic E-state index is 13.4. The van der Waals surface area contributed by atoms with Crippen molar-refractivity contribution in [2.24, 2.45) is 0 Å². The number of carbonyl (C=O) groups is 2. The summed E-state index contributed by atoms with van der Waals surface area (Å²) >= 11 is 0. The van der Waals surface area contributed by atoms with Crippen LogP contribution in [0, 0.1) is 0 Å². The average molecular weight is 481 g/mol. The van der Waals surface area contributed by atoms with E-state index in [1.807, 2.05) is 74.5 Å². The van der Waals surface area contributed by atoms with Gasteiger partial charge in [0.05, 0.1) is 24.6 Å². The summed E-state index contributed by atoms with van der Waals surface area (Å²) in [6, 6.07) is 29.0. The Morgan fingerprint density at radius 2 is 0.917 bits per heavy atom. The lowest BCUT2D eigenvalue weighted by molar-refractivity contribution is 0.101. The van der Waals surface area contributed by atoms with Gasteiger partial charge >= 0.3 is 0 Å². The minimum atomic E-state index is -0.297. The Morgan fingerprint density at radius 3 is 1.33 bits per heavy atom. The third-order valence-electron chi connectivity index (χ3n) is 5.50. The number of benzene rings is 4. The second kappa shape index (κ2) is 11.7. The van der Waals surface area contributed by atoms with Gasteiger partial charge in [-0.2, -0.15) is 0 Å². The van der Waals surface area contributed by atoms with E-state index < -0.39 is 0 Å². The summed E-state index contributed by atoms with van der Waals surface area (Å²) in [6.45, 7) is 4.75. The second-order valence-corrected chi connectivity index (χ2v) is 7.86.